The van der Waals surface area contributed by atoms with Gasteiger partial charge in [-0.05, 0) is 25.1 Å². The summed E-state index contributed by atoms with van der Waals surface area (Å²) in [6, 6.07) is 22.5. The van der Waals surface area contributed by atoms with E-state index in [1.54, 1.807) is 17.4 Å². The number of carboxylic acids is 1. The van der Waals surface area contributed by atoms with Crippen LogP contribution in [0.4, 0.5) is 0 Å². The van der Waals surface area contributed by atoms with Crippen LogP contribution in [-0.2, 0) is 6.54 Å². The van der Waals surface area contributed by atoms with Gasteiger partial charge in [0, 0.05) is 53.8 Å². The summed E-state index contributed by atoms with van der Waals surface area (Å²) in [5.74, 6) is -0.883. The first kappa shape index (κ1) is 16.6. The van der Waals surface area contributed by atoms with Crippen LogP contribution in [0.15, 0.2) is 66.7 Å². The number of aromatic carboxylic acids is 1. The van der Waals surface area contributed by atoms with Gasteiger partial charge in [0.05, 0.1) is 11.1 Å². The van der Waals surface area contributed by atoms with Gasteiger partial charge in [-0.2, -0.15) is 0 Å². The van der Waals surface area contributed by atoms with E-state index in [9.17, 15) is 9.90 Å². The van der Waals surface area contributed by atoms with Gasteiger partial charge in [-0.15, -0.1) is 11.3 Å². The molecule has 4 heteroatoms. The van der Waals surface area contributed by atoms with Gasteiger partial charge in [0.1, 0.15) is 0 Å². The molecule has 0 aliphatic heterocycles. The second-order valence-electron chi connectivity index (χ2n) is 7.32. The van der Waals surface area contributed by atoms with E-state index < -0.39 is 5.97 Å². The van der Waals surface area contributed by atoms with Crippen LogP contribution in [0.3, 0.4) is 0 Å². The van der Waals surface area contributed by atoms with Gasteiger partial charge >= 0.3 is 5.97 Å². The zero-order valence-corrected chi connectivity index (χ0v) is 16.6. The number of carbonyl (C=O) groups is 1. The summed E-state index contributed by atoms with van der Waals surface area (Å²) in [4.78, 5) is 12.2. The number of aryl methyl sites for hydroxylation is 1. The second kappa shape index (κ2) is 5.82. The average molecular weight is 395 g/mol. The van der Waals surface area contributed by atoms with Crippen LogP contribution < -0.4 is 0 Å². The molecule has 0 aliphatic rings. The Hall–Kier alpha value is -3.37. The predicted octanol–water partition coefficient (Wildman–Crippen LogP) is 7.03. The van der Waals surface area contributed by atoms with E-state index in [0.717, 1.165) is 28.4 Å². The topological polar surface area (TPSA) is 42.2 Å². The van der Waals surface area contributed by atoms with Crippen LogP contribution in [-0.4, -0.2) is 15.6 Å². The normalized spacial score (nSPS) is 12.0. The minimum Gasteiger partial charge on any atom is -0.478 e. The Balaban J connectivity index is 2.09. The molecule has 2 aromatic heterocycles. The molecule has 0 amide bonds. The minimum absolute atomic E-state index is 0.367. The maximum absolute atomic E-state index is 12.2. The highest BCUT2D eigenvalue weighted by atomic mass is 32.1. The van der Waals surface area contributed by atoms with E-state index in [1.807, 2.05) is 12.1 Å². The lowest BCUT2D eigenvalue weighted by Gasteiger charge is -2.08. The molecule has 0 radical (unpaired) electrons. The molecule has 6 aromatic rings. The molecule has 29 heavy (non-hydrogen) atoms. The number of hydrogen-bond acceptors (Lipinski definition) is 2. The molecule has 0 saturated heterocycles. The zero-order valence-electron chi connectivity index (χ0n) is 15.8. The highest BCUT2D eigenvalue weighted by molar-refractivity contribution is 7.27. The molecule has 0 bridgehead atoms. The smallest absolute Gasteiger partial charge is 0.336 e. The van der Waals surface area contributed by atoms with Crippen molar-refractivity contribution in [2.75, 3.05) is 0 Å². The molecule has 2 heterocycles. The van der Waals surface area contributed by atoms with Crippen molar-refractivity contribution < 1.29 is 9.90 Å². The fourth-order valence-corrected chi connectivity index (χ4v) is 6.05. The van der Waals surface area contributed by atoms with Crippen LogP contribution >= 0.6 is 11.3 Å². The highest BCUT2D eigenvalue weighted by Crippen LogP contribution is 2.47. The molecule has 0 unspecified atom stereocenters. The van der Waals surface area contributed by atoms with Crippen molar-refractivity contribution in [3.05, 3.63) is 72.3 Å². The zero-order chi connectivity index (χ0) is 19.7. The summed E-state index contributed by atoms with van der Waals surface area (Å²) in [6.07, 6.45) is 0. The Bertz CT molecular complexity index is 1620. The lowest BCUT2D eigenvalue weighted by molar-refractivity contribution is 0.0699. The summed E-state index contributed by atoms with van der Waals surface area (Å²) in [5.41, 5.74) is 2.48. The number of rotatable bonds is 2. The Morgan fingerprint density at radius 3 is 2.34 bits per heavy atom. The van der Waals surface area contributed by atoms with Gasteiger partial charge in [0.15, 0.2) is 0 Å². The van der Waals surface area contributed by atoms with Crippen molar-refractivity contribution in [1.29, 1.82) is 0 Å². The molecule has 140 valence electrons. The largest absolute Gasteiger partial charge is 0.478 e. The molecular formula is C25H17NO2S. The molecule has 0 spiro atoms. The number of nitrogens with zero attached hydrogens (tertiary/aromatic N) is 1. The quantitative estimate of drug-likeness (QED) is 0.342. The number of fused-ring (bicyclic) bond motifs is 10. The van der Waals surface area contributed by atoms with E-state index in [-0.39, 0.29) is 0 Å². The second-order valence-corrected chi connectivity index (χ2v) is 8.37. The van der Waals surface area contributed by atoms with Crippen LogP contribution in [0.25, 0.3) is 52.8 Å². The Morgan fingerprint density at radius 2 is 1.59 bits per heavy atom. The fraction of sp³-hybridized carbons (Fsp3) is 0.0800. The van der Waals surface area contributed by atoms with Gasteiger partial charge in [0.25, 0.3) is 0 Å². The van der Waals surface area contributed by atoms with E-state index in [2.05, 4.69) is 60.0 Å². The third kappa shape index (κ3) is 2.04. The first-order chi connectivity index (χ1) is 14.2. The lowest BCUT2D eigenvalue weighted by atomic mass is 9.98. The number of benzene rings is 4. The SMILES string of the molecule is CCn1c2cccc(C(=O)O)c2c2c3c4ccccc4sc3c3ccccc3c21. The molecule has 0 atom stereocenters. The number of aromatic nitrogens is 1. The van der Waals surface area contributed by atoms with Crippen molar-refractivity contribution in [2.45, 2.75) is 13.5 Å². The van der Waals surface area contributed by atoms with Crippen molar-refractivity contribution in [3.8, 4) is 0 Å². The molecule has 1 N–H and O–H groups in total. The Morgan fingerprint density at radius 1 is 0.862 bits per heavy atom. The van der Waals surface area contributed by atoms with Crippen molar-refractivity contribution in [2.24, 2.45) is 0 Å². The van der Waals surface area contributed by atoms with Gasteiger partial charge in [0.2, 0.25) is 0 Å². The predicted molar refractivity (Wildman–Crippen MR) is 122 cm³/mol. The molecular weight excluding hydrogens is 378 g/mol. The summed E-state index contributed by atoms with van der Waals surface area (Å²) in [5, 5.41) is 16.6. The molecule has 0 fully saturated rings. The van der Waals surface area contributed by atoms with E-state index >= 15 is 0 Å². The van der Waals surface area contributed by atoms with Crippen LogP contribution in [0.1, 0.15) is 17.3 Å². The van der Waals surface area contributed by atoms with Crippen LogP contribution in [0.5, 0.6) is 0 Å². The summed E-state index contributed by atoms with van der Waals surface area (Å²) >= 11 is 1.79. The van der Waals surface area contributed by atoms with Crippen LogP contribution in [0, 0.1) is 0 Å². The maximum atomic E-state index is 12.2. The van der Waals surface area contributed by atoms with Gasteiger partial charge in [-0.1, -0.05) is 48.5 Å². The van der Waals surface area contributed by atoms with Gasteiger partial charge in [-0.25, -0.2) is 4.79 Å². The highest BCUT2D eigenvalue weighted by Gasteiger charge is 2.23. The molecule has 0 aliphatic carbocycles. The third-order valence-corrected chi connectivity index (χ3v) is 7.11. The molecule has 6 rings (SSSR count). The van der Waals surface area contributed by atoms with E-state index in [4.69, 9.17) is 0 Å². The summed E-state index contributed by atoms with van der Waals surface area (Å²) in [6.45, 7) is 2.90. The van der Waals surface area contributed by atoms with Crippen LogP contribution in [0.2, 0.25) is 0 Å². The third-order valence-electron chi connectivity index (χ3n) is 5.91. The first-order valence-corrected chi connectivity index (χ1v) is 10.5. The van der Waals surface area contributed by atoms with Gasteiger partial charge in [-0.3, -0.25) is 0 Å². The molecule has 4 aromatic carbocycles. The minimum atomic E-state index is -0.883. The Kier molecular flexibility index (Phi) is 3.32. The van der Waals surface area contributed by atoms with Crippen molar-refractivity contribution >= 4 is 70.1 Å². The summed E-state index contributed by atoms with van der Waals surface area (Å²) < 4.78 is 4.72. The van der Waals surface area contributed by atoms with E-state index in [0.29, 0.717) is 5.56 Å². The molecule has 0 saturated carbocycles. The van der Waals surface area contributed by atoms with E-state index in [1.165, 1.54) is 30.9 Å². The first-order valence-electron chi connectivity index (χ1n) is 9.71. The summed E-state index contributed by atoms with van der Waals surface area (Å²) in [7, 11) is 0. The van der Waals surface area contributed by atoms with Crippen molar-refractivity contribution in [1.82, 2.24) is 4.57 Å². The number of hydrogen-bond donors (Lipinski definition) is 1. The molecule has 3 nitrogen and oxygen atoms in total. The average Bonchev–Trinajstić information content (AvgIpc) is 3.29. The number of carboxylic acid groups (broad SMARTS) is 1. The Labute approximate surface area is 170 Å². The number of thiophene rings is 1. The fourth-order valence-electron chi connectivity index (χ4n) is 4.80. The monoisotopic (exact) mass is 395 g/mol. The van der Waals surface area contributed by atoms with Gasteiger partial charge < -0.3 is 9.67 Å². The standard InChI is InChI=1S/C25H17NO2S/c1-2-26-18-12-7-11-17(25(27)28)20(18)22-21-16-10-5-6-13-19(16)29-24(21)15-9-4-3-8-14(15)23(22)26/h3-13H,2H2,1H3,(H,27,28). The maximum Gasteiger partial charge on any atom is 0.336 e. The van der Waals surface area contributed by atoms with Crippen molar-refractivity contribution in [3.63, 3.8) is 0 Å². The lowest BCUT2D eigenvalue weighted by Crippen LogP contribution is -1.97.